The Labute approximate surface area is 158 Å². The summed E-state index contributed by atoms with van der Waals surface area (Å²) in [6.45, 7) is 0. The van der Waals surface area contributed by atoms with Crippen molar-refractivity contribution in [2.24, 2.45) is 0 Å². The zero-order chi connectivity index (χ0) is 19.2. The van der Waals surface area contributed by atoms with Gasteiger partial charge in [-0.05, 0) is 48.7 Å². The van der Waals surface area contributed by atoms with E-state index < -0.39 is 6.09 Å². The lowest BCUT2D eigenvalue weighted by molar-refractivity contribution is 0.0963. The molecule has 3 N–H and O–H groups in total. The van der Waals surface area contributed by atoms with Crippen molar-refractivity contribution in [1.29, 1.82) is 0 Å². The van der Waals surface area contributed by atoms with Gasteiger partial charge in [0.15, 0.2) is 0 Å². The lowest BCUT2D eigenvalue weighted by Gasteiger charge is -2.22. The van der Waals surface area contributed by atoms with E-state index in [1.807, 2.05) is 0 Å². The molecule has 1 saturated carbocycles. The molecule has 2 aromatic carbocycles. The third-order valence-corrected chi connectivity index (χ3v) is 4.77. The minimum atomic E-state index is -0.488. The second kappa shape index (κ2) is 8.58. The van der Waals surface area contributed by atoms with E-state index in [-0.39, 0.29) is 17.7 Å². The Morgan fingerprint density at radius 3 is 2.59 bits per heavy atom. The highest BCUT2D eigenvalue weighted by atomic mass is 16.6. The Morgan fingerprint density at radius 1 is 1.07 bits per heavy atom. The summed E-state index contributed by atoms with van der Waals surface area (Å²) in [6.07, 6.45) is 4.91. The first kappa shape index (κ1) is 18.8. The number of phenolic OH excluding ortho intramolecular Hbond substituents is 1. The van der Waals surface area contributed by atoms with E-state index in [4.69, 9.17) is 4.74 Å². The van der Waals surface area contributed by atoms with Gasteiger partial charge < -0.3 is 20.5 Å². The molecule has 0 spiro atoms. The molecule has 0 heterocycles. The van der Waals surface area contributed by atoms with Crippen LogP contribution in [-0.2, 0) is 0 Å². The van der Waals surface area contributed by atoms with Gasteiger partial charge in [-0.25, -0.2) is 4.79 Å². The molecule has 0 aromatic heterocycles. The van der Waals surface area contributed by atoms with Gasteiger partial charge in [-0.15, -0.1) is 0 Å². The van der Waals surface area contributed by atoms with Gasteiger partial charge >= 0.3 is 6.09 Å². The van der Waals surface area contributed by atoms with Gasteiger partial charge in [-0.3, -0.25) is 4.79 Å². The van der Waals surface area contributed by atoms with Crippen LogP contribution in [-0.4, -0.2) is 30.2 Å². The van der Waals surface area contributed by atoms with Crippen molar-refractivity contribution < 1.29 is 19.4 Å². The van der Waals surface area contributed by atoms with E-state index in [1.165, 1.54) is 12.5 Å². The molecular formula is C21H24N2O4. The molecular weight excluding hydrogens is 344 g/mol. The molecule has 1 aliphatic carbocycles. The molecule has 0 saturated heterocycles. The first-order valence-electron chi connectivity index (χ1n) is 9.20. The van der Waals surface area contributed by atoms with Gasteiger partial charge in [0, 0.05) is 24.2 Å². The average molecular weight is 368 g/mol. The van der Waals surface area contributed by atoms with Gasteiger partial charge in [-0.1, -0.05) is 31.4 Å². The maximum atomic E-state index is 12.1. The van der Waals surface area contributed by atoms with Gasteiger partial charge in [0.25, 0.3) is 5.91 Å². The van der Waals surface area contributed by atoms with Gasteiger partial charge in [0.05, 0.1) is 0 Å². The third kappa shape index (κ3) is 4.78. The number of amides is 2. The van der Waals surface area contributed by atoms with Crippen LogP contribution in [0.1, 0.15) is 42.5 Å². The monoisotopic (exact) mass is 368 g/mol. The molecule has 142 valence electrons. The summed E-state index contributed by atoms with van der Waals surface area (Å²) < 4.78 is 5.39. The Kier molecular flexibility index (Phi) is 5.96. The Hall–Kier alpha value is -3.02. The summed E-state index contributed by atoms with van der Waals surface area (Å²) in [5, 5.41) is 15.7. The van der Waals surface area contributed by atoms with Gasteiger partial charge in [0.2, 0.25) is 0 Å². The number of phenols is 1. The van der Waals surface area contributed by atoms with Gasteiger partial charge in [-0.2, -0.15) is 0 Å². The van der Waals surface area contributed by atoms with Crippen molar-refractivity contribution in [2.45, 2.75) is 38.1 Å². The zero-order valence-corrected chi connectivity index (χ0v) is 15.3. The molecule has 27 heavy (non-hydrogen) atoms. The van der Waals surface area contributed by atoms with Crippen molar-refractivity contribution in [2.75, 3.05) is 7.05 Å². The van der Waals surface area contributed by atoms with E-state index in [0.29, 0.717) is 22.4 Å². The zero-order valence-electron chi connectivity index (χ0n) is 15.3. The highest BCUT2D eigenvalue weighted by molar-refractivity contribution is 5.95. The topological polar surface area (TPSA) is 87.7 Å². The predicted octanol–water partition coefficient (Wildman–Crippen LogP) is 3.84. The highest BCUT2D eigenvalue weighted by Crippen LogP contribution is 2.33. The smallest absolute Gasteiger partial charge is 0.412 e. The van der Waals surface area contributed by atoms with E-state index in [2.05, 4.69) is 10.6 Å². The van der Waals surface area contributed by atoms with Crippen LogP contribution in [0.4, 0.5) is 4.79 Å². The Morgan fingerprint density at radius 2 is 1.85 bits per heavy atom. The van der Waals surface area contributed by atoms with Crippen LogP contribution in [0.2, 0.25) is 0 Å². The predicted molar refractivity (Wildman–Crippen MR) is 103 cm³/mol. The number of carbonyl (C=O) groups excluding carboxylic acids is 2. The second-order valence-electron chi connectivity index (χ2n) is 6.71. The van der Waals surface area contributed by atoms with Crippen LogP contribution in [0.25, 0.3) is 11.1 Å². The van der Waals surface area contributed by atoms with Crippen molar-refractivity contribution >= 4 is 12.0 Å². The maximum absolute atomic E-state index is 12.1. The SMILES string of the molecule is CNC(=O)c1cccc(-c2cc(OC(=O)NC3CCCCC3)ccc2O)c1. The molecule has 0 bridgehead atoms. The second-order valence-corrected chi connectivity index (χ2v) is 6.71. The normalized spacial score (nSPS) is 14.4. The number of nitrogens with one attached hydrogen (secondary N) is 2. The molecule has 3 rings (SSSR count). The maximum Gasteiger partial charge on any atom is 0.412 e. The van der Waals surface area contributed by atoms with E-state index >= 15 is 0 Å². The average Bonchev–Trinajstić information content (AvgIpc) is 2.69. The molecule has 1 aliphatic rings. The molecule has 0 atom stereocenters. The lowest BCUT2D eigenvalue weighted by atomic mass is 9.96. The highest BCUT2D eigenvalue weighted by Gasteiger charge is 2.17. The summed E-state index contributed by atoms with van der Waals surface area (Å²) >= 11 is 0. The molecule has 0 radical (unpaired) electrons. The van der Waals surface area contributed by atoms with Crippen LogP contribution in [0.5, 0.6) is 11.5 Å². The number of ether oxygens (including phenoxy) is 1. The van der Waals surface area contributed by atoms with Gasteiger partial charge in [0.1, 0.15) is 11.5 Å². The molecule has 6 nitrogen and oxygen atoms in total. The van der Waals surface area contributed by atoms with Crippen LogP contribution < -0.4 is 15.4 Å². The number of rotatable bonds is 4. The van der Waals surface area contributed by atoms with Crippen molar-refractivity contribution in [3.63, 3.8) is 0 Å². The molecule has 1 fully saturated rings. The van der Waals surface area contributed by atoms with Crippen LogP contribution in [0.15, 0.2) is 42.5 Å². The number of benzene rings is 2. The van der Waals surface area contributed by atoms with Crippen LogP contribution >= 0.6 is 0 Å². The van der Waals surface area contributed by atoms with Crippen molar-refractivity contribution in [3.05, 3.63) is 48.0 Å². The van der Waals surface area contributed by atoms with Crippen LogP contribution in [0.3, 0.4) is 0 Å². The first-order chi connectivity index (χ1) is 13.1. The van der Waals surface area contributed by atoms with Crippen molar-refractivity contribution in [1.82, 2.24) is 10.6 Å². The summed E-state index contributed by atoms with van der Waals surface area (Å²) in [5.41, 5.74) is 1.63. The minimum absolute atomic E-state index is 0.0455. The summed E-state index contributed by atoms with van der Waals surface area (Å²) in [5.74, 6) is 0.168. The largest absolute Gasteiger partial charge is 0.507 e. The number of carbonyl (C=O) groups is 2. The summed E-state index contributed by atoms with van der Waals surface area (Å²) in [6, 6.07) is 11.7. The fraction of sp³-hybridized carbons (Fsp3) is 0.333. The molecule has 2 amide bonds. The van der Waals surface area contributed by atoms with Crippen molar-refractivity contribution in [3.8, 4) is 22.6 Å². The van der Waals surface area contributed by atoms with E-state index in [0.717, 1.165) is 25.7 Å². The fourth-order valence-corrected chi connectivity index (χ4v) is 3.33. The van der Waals surface area contributed by atoms with E-state index in [1.54, 1.807) is 43.4 Å². The Bertz CT molecular complexity index is 829. The third-order valence-electron chi connectivity index (χ3n) is 4.77. The molecule has 2 aromatic rings. The quantitative estimate of drug-likeness (QED) is 0.765. The number of hydrogen-bond acceptors (Lipinski definition) is 4. The summed E-state index contributed by atoms with van der Waals surface area (Å²) in [7, 11) is 1.56. The van der Waals surface area contributed by atoms with E-state index in [9.17, 15) is 14.7 Å². The standard InChI is InChI=1S/C21H24N2O4/c1-22-20(25)15-7-5-6-14(12-15)18-13-17(10-11-19(18)24)27-21(26)23-16-8-3-2-4-9-16/h5-7,10-13,16,24H,2-4,8-9H2,1H3,(H,22,25)(H,23,26). The summed E-state index contributed by atoms with van der Waals surface area (Å²) in [4.78, 5) is 24.0. The molecule has 0 aliphatic heterocycles. The first-order valence-corrected chi connectivity index (χ1v) is 9.20. The lowest BCUT2D eigenvalue weighted by Crippen LogP contribution is -2.37. The van der Waals surface area contributed by atoms with Crippen LogP contribution in [0, 0.1) is 0 Å². The Balaban J connectivity index is 1.76. The fourth-order valence-electron chi connectivity index (χ4n) is 3.33. The molecule has 0 unspecified atom stereocenters. The molecule has 6 heteroatoms. The number of aromatic hydroxyl groups is 1. The minimum Gasteiger partial charge on any atom is -0.507 e. The number of hydrogen-bond donors (Lipinski definition) is 3.